The highest BCUT2D eigenvalue weighted by Crippen LogP contribution is 2.59. The summed E-state index contributed by atoms with van der Waals surface area (Å²) in [6.07, 6.45) is -1.48. The minimum atomic E-state index is -4.42. The second-order valence-electron chi connectivity index (χ2n) is 8.76. The van der Waals surface area contributed by atoms with E-state index >= 15 is 0 Å². The summed E-state index contributed by atoms with van der Waals surface area (Å²) in [5.41, 5.74) is -0.458. The van der Waals surface area contributed by atoms with E-state index in [1.54, 1.807) is 27.8 Å². The van der Waals surface area contributed by atoms with Crippen molar-refractivity contribution >= 4 is 18.8 Å². The molecule has 3 heterocycles. The van der Waals surface area contributed by atoms with Crippen LogP contribution in [0.2, 0.25) is 0 Å². The van der Waals surface area contributed by atoms with Crippen molar-refractivity contribution in [1.82, 2.24) is 19.1 Å². The van der Waals surface area contributed by atoms with Crippen molar-refractivity contribution in [1.29, 1.82) is 5.41 Å². The molecule has 0 amide bonds. The Morgan fingerprint density at radius 2 is 1.88 bits per heavy atom. The first-order chi connectivity index (χ1) is 14.8. The smallest absolute Gasteiger partial charge is 0.359 e. The Hall–Kier alpha value is -1.66. The van der Waals surface area contributed by atoms with Crippen LogP contribution in [0.3, 0.4) is 0 Å². The van der Waals surface area contributed by atoms with E-state index in [1.807, 2.05) is 0 Å². The van der Waals surface area contributed by atoms with E-state index in [9.17, 15) is 24.8 Å². The van der Waals surface area contributed by atoms with Crippen molar-refractivity contribution in [3.63, 3.8) is 0 Å². The molecule has 2 aromatic heterocycles. The number of rotatable bonds is 8. The van der Waals surface area contributed by atoms with E-state index in [0.29, 0.717) is 17.6 Å². The zero-order chi connectivity index (χ0) is 24.1. The van der Waals surface area contributed by atoms with Crippen LogP contribution < -0.4 is 5.49 Å². The minimum Gasteiger partial charge on any atom is -0.388 e. The lowest BCUT2D eigenvalue weighted by Crippen LogP contribution is -2.40. The molecule has 32 heavy (non-hydrogen) atoms. The molecule has 12 nitrogen and oxygen atoms in total. The van der Waals surface area contributed by atoms with Gasteiger partial charge in [-0.3, -0.25) is 14.5 Å². The molecule has 5 N–H and O–H groups in total. The third kappa shape index (κ3) is 4.28. The maximum atomic E-state index is 12.7. The van der Waals surface area contributed by atoms with Gasteiger partial charge in [0.2, 0.25) is 0 Å². The standard InChI is InChI=1S/C19H32N5O7P/c1-6-18(3,31-32(28,29)19(4,27)7-2)8-11-13(25)14(26)17(30-11)24-10-21-12-15(20)23(5)9-22-16(12)24/h9-11,13-14,17,20,25-27H,6-8H2,1-5H3,(H,28,29)/t11-,13-,14-,17?,18?,19?/m1/s1. The molecule has 1 aliphatic rings. The lowest BCUT2D eigenvalue weighted by atomic mass is 9.93. The van der Waals surface area contributed by atoms with Crippen molar-refractivity contribution in [2.45, 2.75) is 82.4 Å². The summed E-state index contributed by atoms with van der Waals surface area (Å²) in [6.45, 7) is 6.16. The summed E-state index contributed by atoms with van der Waals surface area (Å²) in [6, 6.07) is 0. The summed E-state index contributed by atoms with van der Waals surface area (Å²) in [5, 5.41) is 37.8. The van der Waals surface area contributed by atoms with Crippen LogP contribution in [0.15, 0.2) is 12.7 Å². The first kappa shape index (κ1) is 25.0. The third-order valence-corrected chi connectivity index (χ3v) is 8.53. The fourth-order valence-corrected chi connectivity index (χ4v) is 5.00. The number of aliphatic hydroxyl groups excluding tert-OH is 2. The van der Waals surface area contributed by atoms with Gasteiger partial charge in [0.25, 0.3) is 0 Å². The molecule has 4 unspecified atom stereocenters. The molecule has 0 spiro atoms. The SMILES string of the molecule is CCC(C)(C[C@H]1OC(n2cnc3c(=N)n(C)cnc32)[C@H](O)[C@@H]1O)OP(=O)(O)C(C)(O)CC. The first-order valence-electron chi connectivity index (χ1n) is 10.5. The number of nitrogens with one attached hydrogen (secondary N) is 1. The van der Waals surface area contributed by atoms with Gasteiger partial charge in [-0.25, -0.2) is 9.97 Å². The van der Waals surface area contributed by atoms with Gasteiger partial charge in [0.05, 0.1) is 24.4 Å². The summed E-state index contributed by atoms with van der Waals surface area (Å²) in [5.74, 6) is 0. The highest BCUT2D eigenvalue weighted by Gasteiger charge is 2.50. The topological polar surface area (TPSA) is 176 Å². The summed E-state index contributed by atoms with van der Waals surface area (Å²) >= 11 is 0. The lowest BCUT2D eigenvalue weighted by Gasteiger charge is -2.37. The van der Waals surface area contributed by atoms with Gasteiger partial charge in [-0.1, -0.05) is 13.8 Å². The average Bonchev–Trinajstić information content (AvgIpc) is 3.27. The van der Waals surface area contributed by atoms with Gasteiger partial charge in [0, 0.05) is 13.5 Å². The molecule has 13 heteroatoms. The number of fused-ring (bicyclic) bond motifs is 1. The van der Waals surface area contributed by atoms with Gasteiger partial charge in [0.1, 0.15) is 17.7 Å². The molecular formula is C19H32N5O7P. The summed E-state index contributed by atoms with van der Waals surface area (Å²) < 4.78 is 27.1. The zero-order valence-electron chi connectivity index (χ0n) is 18.8. The van der Waals surface area contributed by atoms with Gasteiger partial charge < -0.3 is 34.0 Å². The summed E-state index contributed by atoms with van der Waals surface area (Å²) in [7, 11) is -2.76. The molecule has 2 aromatic rings. The number of hydrogen-bond donors (Lipinski definition) is 5. The normalized spacial score (nSPS) is 29.5. The Kier molecular flexibility index (Phi) is 6.71. The molecule has 3 rings (SSSR count). The van der Waals surface area contributed by atoms with E-state index in [4.69, 9.17) is 14.7 Å². The monoisotopic (exact) mass is 473 g/mol. The largest absolute Gasteiger partial charge is 0.388 e. The van der Waals surface area contributed by atoms with Crippen molar-refractivity contribution in [2.24, 2.45) is 7.05 Å². The Morgan fingerprint density at radius 1 is 1.22 bits per heavy atom. The Balaban J connectivity index is 1.85. The highest BCUT2D eigenvalue weighted by atomic mass is 31.2. The zero-order valence-corrected chi connectivity index (χ0v) is 19.7. The van der Waals surface area contributed by atoms with Gasteiger partial charge >= 0.3 is 7.60 Å². The van der Waals surface area contributed by atoms with E-state index in [0.717, 1.165) is 0 Å². The number of aryl methyl sites for hydroxylation is 1. The van der Waals surface area contributed by atoms with Crippen molar-refractivity contribution in [2.75, 3.05) is 0 Å². The molecule has 0 bridgehead atoms. The predicted octanol–water partition coefficient (Wildman–Crippen LogP) is 0.748. The van der Waals surface area contributed by atoms with E-state index in [1.165, 1.54) is 28.7 Å². The van der Waals surface area contributed by atoms with Gasteiger partial charge in [-0.05, 0) is 26.7 Å². The fraction of sp³-hybridized carbons (Fsp3) is 0.737. The van der Waals surface area contributed by atoms with Gasteiger partial charge in [0.15, 0.2) is 22.7 Å². The minimum absolute atomic E-state index is 0.0126. The van der Waals surface area contributed by atoms with Crippen LogP contribution in [0.5, 0.6) is 0 Å². The Labute approximate surface area is 185 Å². The highest BCUT2D eigenvalue weighted by molar-refractivity contribution is 7.54. The van der Waals surface area contributed by atoms with Crippen LogP contribution in [-0.2, 0) is 20.9 Å². The predicted molar refractivity (Wildman–Crippen MR) is 113 cm³/mol. The van der Waals surface area contributed by atoms with Crippen molar-refractivity contribution in [3.05, 3.63) is 18.1 Å². The van der Waals surface area contributed by atoms with Crippen LogP contribution in [-0.4, -0.2) is 68.6 Å². The average molecular weight is 473 g/mol. The maximum absolute atomic E-state index is 12.7. The molecule has 0 radical (unpaired) electrons. The van der Waals surface area contributed by atoms with Crippen LogP contribution in [0.25, 0.3) is 11.2 Å². The summed E-state index contributed by atoms with van der Waals surface area (Å²) in [4.78, 5) is 18.8. The number of imidazole rings is 1. The third-order valence-electron chi connectivity index (χ3n) is 6.31. The number of nitrogens with zero attached hydrogens (tertiary/aromatic N) is 4. The molecular weight excluding hydrogens is 441 g/mol. The van der Waals surface area contributed by atoms with Crippen LogP contribution in [0.4, 0.5) is 0 Å². The molecule has 0 saturated carbocycles. The van der Waals surface area contributed by atoms with Crippen molar-refractivity contribution < 1.29 is 34.0 Å². The van der Waals surface area contributed by atoms with Crippen molar-refractivity contribution in [3.8, 4) is 0 Å². The lowest BCUT2D eigenvalue weighted by molar-refractivity contribution is -0.0689. The molecule has 7 atom stereocenters. The van der Waals surface area contributed by atoms with Gasteiger partial charge in [-0.2, -0.15) is 0 Å². The molecule has 180 valence electrons. The quantitative estimate of drug-likeness (QED) is 0.346. The molecule has 1 fully saturated rings. The second kappa shape index (κ2) is 8.60. The van der Waals surface area contributed by atoms with E-state index in [2.05, 4.69) is 9.97 Å². The van der Waals surface area contributed by atoms with E-state index < -0.39 is 43.1 Å². The van der Waals surface area contributed by atoms with E-state index in [-0.39, 0.29) is 18.3 Å². The molecule has 1 saturated heterocycles. The number of aromatic nitrogens is 4. The van der Waals surface area contributed by atoms with Gasteiger partial charge in [-0.15, -0.1) is 0 Å². The fourth-order valence-electron chi connectivity index (χ4n) is 3.60. The molecule has 0 aromatic carbocycles. The number of aliphatic hydroxyl groups is 3. The first-order valence-corrected chi connectivity index (χ1v) is 12.0. The Bertz CT molecular complexity index is 1090. The number of ether oxygens (including phenoxy) is 1. The maximum Gasteiger partial charge on any atom is 0.359 e. The molecule has 1 aliphatic heterocycles. The molecule has 0 aliphatic carbocycles. The van der Waals surface area contributed by atoms with Crippen LogP contribution >= 0.6 is 7.60 Å². The number of hydrogen-bond acceptors (Lipinski definition) is 9. The van der Waals surface area contributed by atoms with Crippen LogP contribution in [0.1, 0.15) is 53.2 Å². The van der Waals surface area contributed by atoms with Crippen LogP contribution in [0, 0.1) is 5.41 Å². The Morgan fingerprint density at radius 3 is 2.47 bits per heavy atom. The second-order valence-corrected chi connectivity index (χ2v) is 11.0.